The summed E-state index contributed by atoms with van der Waals surface area (Å²) in [4.78, 5) is 23.8. The van der Waals surface area contributed by atoms with Crippen LogP contribution in [0.4, 0.5) is 0 Å². The lowest BCUT2D eigenvalue weighted by Crippen LogP contribution is -2.29. The molecule has 6 heteroatoms. The third-order valence-electron chi connectivity index (χ3n) is 3.17. The van der Waals surface area contributed by atoms with E-state index < -0.39 is 17.9 Å². The summed E-state index contributed by atoms with van der Waals surface area (Å²) in [7, 11) is 0. The van der Waals surface area contributed by atoms with Crippen LogP contribution in [0.5, 0.6) is 5.75 Å². The number of aryl methyl sites for hydroxylation is 2. The highest BCUT2D eigenvalue weighted by Gasteiger charge is 2.29. The molecule has 0 saturated carbocycles. The molecule has 1 rings (SSSR count). The fourth-order valence-corrected chi connectivity index (χ4v) is 2.56. The number of ether oxygens (including phenoxy) is 3. The first-order valence-corrected chi connectivity index (χ1v) is 8.01. The molecule has 0 radical (unpaired) electrons. The van der Waals surface area contributed by atoms with Crippen LogP contribution in [0.1, 0.15) is 31.4 Å². The van der Waals surface area contributed by atoms with Crippen LogP contribution < -0.4 is 4.74 Å². The number of hydrogen-bond donors (Lipinski definition) is 0. The van der Waals surface area contributed by atoms with Crippen LogP contribution in [0, 0.1) is 19.8 Å². The lowest BCUT2D eigenvalue weighted by atomic mass is 10.1. The largest absolute Gasteiger partial charge is 0.492 e. The first kappa shape index (κ1) is 19.3. The van der Waals surface area contributed by atoms with Crippen molar-refractivity contribution in [3.8, 4) is 5.75 Å². The Morgan fingerprint density at radius 1 is 1.09 bits per heavy atom. The van der Waals surface area contributed by atoms with E-state index >= 15 is 0 Å². The highest BCUT2D eigenvalue weighted by atomic mass is 35.5. The molecule has 23 heavy (non-hydrogen) atoms. The van der Waals surface area contributed by atoms with E-state index in [0.29, 0.717) is 10.8 Å². The Morgan fingerprint density at radius 3 is 2.13 bits per heavy atom. The van der Waals surface area contributed by atoms with E-state index in [1.807, 2.05) is 19.9 Å². The molecule has 0 atom stereocenters. The summed E-state index contributed by atoms with van der Waals surface area (Å²) >= 11 is 6.17. The molecular weight excluding hydrogens is 320 g/mol. The maximum Gasteiger partial charge on any atom is 0.320 e. The molecule has 0 aliphatic heterocycles. The Bertz CT molecular complexity index is 515. The third-order valence-corrected chi connectivity index (χ3v) is 3.45. The van der Waals surface area contributed by atoms with Gasteiger partial charge in [-0.2, -0.15) is 0 Å². The first-order valence-electron chi connectivity index (χ1n) is 7.63. The predicted octanol–water partition coefficient (Wildman–Crippen LogP) is 3.47. The van der Waals surface area contributed by atoms with Crippen LogP contribution in [-0.4, -0.2) is 31.8 Å². The second kappa shape index (κ2) is 9.40. The Balaban J connectivity index is 2.72. The van der Waals surface area contributed by atoms with Gasteiger partial charge in [0.15, 0.2) is 5.92 Å². The van der Waals surface area contributed by atoms with Crippen molar-refractivity contribution >= 4 is 23.5 Å². The normalized spacial score (nSPS) is 10.5. The van der Waals surface area contributed by atoms with Crippen molar-refractivity contribution in [3.05, 3.63) is 28.3 Å². The van der Waals surface area contributed by atoms with Gasteiger partial charge in [0.25, 0.3) is 0 Å². The molecule has 0 saturated heterocycles. The van der Waals surface area contributed by atoms with Crippen molar-refractivity contribution in [2.24, 2.45) is 5.92 Å². The molecule has 0 heterocycles. The number of carbonyl (C=O) groups excluding carboxylic acids is 2. The maximum atomic E-state index is 11.9. The van der Waals surface area contributed by atoms with E-state index in [1.54, 1.807) is 19.9 Å². The van der Waals surface area contributed by atoms with Gasteiger partial charge in [-0.25, -0.2) is 0 Å². The van der Waals surface area contributed by atoms with Crippen LogP contribution in [0.25, 0.3) is 0 Å². The van der Waals surface area contributed by atoms with E-state index in [0.717, 1.165) is 11.1 Å². The number of carbonyl (C=O) groups is 2. The van der Waals surface area contributed by atoms with Crippen molar-refractivity contribution in [2.75, 3.05) is 19.8 Å². The minimum Gasteiger partial charge on any atom is -0.492 e. The predicted molar refractivity (Wildman–Crippen MR) is 87.8 cm³/mol. The van der Waals surface area contributed by atoms with Crippen LogP contribution in [-0.2, 0) is 19.1 Å². The molecule has 0 N–H and O–H groups in total. The first-order chi connectivity index (χ1) is 10.9. The molecule has 0 fully saturated rings. The monoisotopic (exact) mass is 342 g/mol. The molecule has 0 unspecified atom stereocenters. The number of hydrogen-bond acceptors (Lipinski definition) is 5. The van der Waals surface area contributed by atoms with E-state index in [9.17, 15) is 9.59 Å². The van der Waals surface area contributed by atoms with Crippen LogP contribution in [0.15, 0.2) is 12.1 Å². The Morgan fingerprint density at radius 2 is 1.65 bits per heavy atom. The van der Waals surface area contributed by atoms with Crippen LogP contribution >= 0.6 is 11.6 Å². The third kappa shape index (κ3) is 5.75. The van der Waals surface area contributed by atoms with Gasteiger partial charge in [0.1, 0.15) is 5.75 Å². The topological polar surface area (TPSA) is 61.8 Å². The lowest BCUT2D eigenvalue weighted by molar-refractivity contribution is -0.162. The number of halogens is 1. The molecule has 0 aliphatic carbocycles. The molecule has 0 bridgehead atoms. The summed E-state index contributed by atoms with van der Waals surface area (Å²) in [6, 6.07) is 3.76. The lowest BCUT2D eigenvalue weighted by Gasteiger charge is -2.16. The van der Waals surface area contributed by atoms with E-state index in [-0.39, 0.29) is 26.2 Å². The van der Waals surface area contributed by atoms with Gasteiger partial charge >= 0.3 is 11.9 Å². The van der Waals surface area contributed by atoms with E-state index in [1.165, 1.54) is 0 Å². The minimum atomic E-state index is -0.987. The molecule has 0 spiro atoms. The van der Waals surface area contributed by atoms with Crippen molar-refractivity contribution in [1.29, 1.82) is 0 Å². The zero-order chi connectivity index (χ0) is 17.4. The van der Waals surface area contributed by atoms with Crippen molar-refractivity contribution in [2.45, 2.75) is 34.1 Å². The van der Waals surface area contributed by atoms with Gasteiger partial charge in [0.05, 0.1) is 24.8 Å². The quantitative estimate of drug-likeness (QED) is 0.534. The zero-order valence-electron chi connectivity index (χ0n) is 14.0. The fourth-order valence-electron chi connectivity index (χ4n) is 2.18. The maximum absolute atomic E-state index is 11.9. The van der Waals surface area contributed by atoms with Gasteiger partial charge in [0, 0.05) is 6.42 Å². The SMILES string of the molecule is CCOC(=O)C(CCOc1c(C)cc(C)cc1Cl)C(=O)OCC. The molecule has 1 aromatic rings. The molecule has 128 valence electrons. The van der Waals surface area contributed by atoms with E-state index in [2.05, 4.69) is 0 Å². The summed E-state index contributed by atoms with van der Waals surface area (Å²) in [5.74, 6) is -1.62. The van der Waals surface area contributed by atoms with Gasteiger partial charge < -0.3 is 14.2 Å². The molecule has 0 aliphatic rings. The number of esters is 2. The second-order valence-electron chi connectivity index (χ2n) is 5.09. The van der Waals surface area contributed by atoms with Crippen molar-refractivity contribution in [1.82, 2.24) is 0 Å². The average molecular weight is 343 g/mol. The molecular formula is C17H23ClO5. The smallest absolute Gasteiger partial charge is 0.320 e. The van der Waals surface area contributed by atoms with Crippen molar-refractivity contribution < 1.29 is 23.8 Å². The summed E-state index contributed by atoms with van der Waals surface area (Å²) in [6.07, 6.45) is 0.168. The Labute approximate surface area is 141 Å². The summed E-state index contributed by atoms with van der Waals surface area (Å²) in [5.41, 5.74) is 1.94. The summed E-state index contributed by atoms with van der Waals surface area (Å²) in [6.45, 7) is 7.78. The Kier molecular flexibility index (Phi) is 7.89. The Hall–Kier alpha value is -1.75. The number of benzene rings is 1. The van der Waals surface area contributed by atoms with Gasteiger partial charge in [-0.15, -0.1) is 0 Å². The number of rotatable bonds is 8. The van der Waals surface area contributed by atoms with Gasteiger partial charge in [-0.3, -0.25) is 9.59 Å². The zero-order valence-corrected chi connectivity index (χ0v) is 14.7. The van der Waals surface area contributed by atoms with Gasteiger partial charge in [-0.1, -0.05) is 17.7 Å². The average Bonchev–Trinajstić information content (AvgIpc) is 2.45. The van der Waals surface area contributed by atoms with Gasteiger partial charge in [0.2, 0.25) is 0 Å². The molecule has 5 nitrogen and oxygen atoms in total. The summed E-state index contributed by atoms with van der Waals surface area (Å²) in [5, 5.41) is 0.506. The second-order valence-corrected chi connectivity index (χ2v) is 5.49. The fraction of sp³-hybridized carbons (Fsp3) is 0.529. The van der Waals surface area contributed by atoms with E-state index in [4.69, 9.17) is 25.8 Å². The van der Waals surface area contributed by atoms with Crippen LogP contribution in [0.2, 0.25) is 5.02 Å². The summed E-state index contributed by atoms with van der Waals surface area (Å²) < 4.78 is 15.5. The van der Waals surface area contributed by atoms with Gasteiger partial charge in [-0.05, 0) is 44.9 Å². The molecule has 1 aromatic carbocycles. The minimum absolute atomic E-state index is 0.159. The molecule has 0 aromatic heterocycles. The van der Waals surface area contributed by atoms with Crippen LogP contribution in [0.3, 0.4) is 0 Å². The molecule has 0 amide bonds. The standard InChI is InChI=1S/C17H23ClO5/c1-5-21-16(19)13(17(20)22-6-2)7-8-23-15-12(4)9-11(3)10-14(15)18/h9-10,13H,5-8H2,1-4H3. The highest BCUT2D eigenvalue weighted by molar-refractivity contribution is 6.32. The van der Waals surface area contributed by atoms with Crippen molar-refractivity contribution in [3.63, 3.8) is 0 Å². The highest BCUT2D eigenvalue weighted by Crippen LogP contribution is 2.30.